The van der Waals surface area contributed by atoms with Crippen LogP contribution in [0, 0.1) is 6.92 Å². The van der Waals surface area contributed by atoms with Crippen LogP contribution < -0.4 is 14.8 Å². The summed E-state index contributed by atoms with van der Waals surface area (Å²) in [5, 5.41) is 11.3. The highest BCUT2D eigenvalue weighted by atomic mass is 32.1. The third kappa shape index (κ3) is 5.27. The van der Waals surface area contributed by atoms with Crippen LogP contribution in [0.15, 0.2) is 24.3 Å². The number of carbonyl (C=O) groups excluding carboxylic acids is 1. The number of carbonyl (C=O) groups is 1. The summed E-state index contributed by atoms with van der Waals surface area (Å²) in [5.74, 6) is -0.255. The summed E-state index contributed by atoms with van der Waals surface area (Å²) >= 11 is 1.26. The molecule has 2 aromatic rings. The van der Waals surface area contributed by atoms with Gasteiger partial charge in [-0.3, -0.25) is 10.1 Å². The van der Waals surface area contributed by atoms with Crippen molar-refractivity contribution in [2.75, 3.05) is 11.9 Å². The number of alkyl halides is 2. The summed E-state index contributed by atoms with van der Waals surface area (Å²) in [7, 11) is 0. The van der Waals surface area contributed by atoms with E-state index in [4.69, 9.17) is 4.74 Å². The van der Waals surface area contributed by atoms with Crippen molar-refractivity contribution < 1.29 is 23.0 Å². The zero-order chi connectivity index (χ0) is 17.5. The van der Waals surface area contributed by atoms with Gasteiger partial charge in [-0.1, -0.05) is 17.4 Å². The number of nitrogens with one attached hydrogen (secondary N) is 1. The number of halogens is 2. The molecule has 0 saturated carbocycles. The first-order chi connectivity index (χ1) is 11.5. The van der Waals surface area contributed by atoms with Crippen LogP contribution in [0.3, 0.4) is 0 Å². The van der Waals surface area contributed by atoms with E-state index in [0.29, 0.717) is 17.3 Å². The van der Waals surface area contributed by atoms with Crippen LogP contribution in [0.2, 0.25) is 0 Å². The van der Waals surface area contributed by atoms with E-state index in [1.807, 2.05) is 0 Å². The second kappa shape index (κ2) is 8.34. The fourth-order valence-corrected chi connectivity index (χ4v) is 2.35. The number of ether oxygens (including phenoxy) is 2. The van der Waals surface area contributed by atoms with Crippen LogP contribution in [-0.4, -0.2) is 29.3 Å². The average Bonchev–Trinajstić information content (AvgIpc) is 2.92. The van der Waals surface area contributed by atoms with Gasteiger partial charge in [0.25, 0.3) is 0 Å². The predicted molar refractivity (Wildman–Crippen MR) is 86.6 cm³/mol. The van der Waals surface area contributed by atoms with Crippen molar-refractivity contribution in [1.82, 2.24) is 10.2 Å². The van der Waals surface area contributed by atoms with E-state index in [-0.39, 0.29) is 17.4 Å². The number of hydrogen-bond donors (Lipinski definition) is 1. The zero-order valence-corrected chi connectivity index (χ0v) is 13.8. The summed E-state index contributed by atoms with van der Waals surface area (Å²) in [4.78, 5) is 11.8. The van der Waals surface area contributed by atoms with Crippen molar-refractivity contribution >= 4 is 28.5 Å². The molecule has 0 aliphatic heterocycles. The van der Waals surface area contributed by atoms with E-state index in [2.05, 4.69) is 20.3 Å². The number of anilines is 1. The van der Waals surface area contributed by atoms with Crippen molar-refractivity contribution in [3.63, 3.8) is 0 Å². The molecular weight excluding hydrogens is 340 g/mol. The lowest BCUT2D eigenvalue weighted by atomic mass is 10.2. The zero-order valence-electron chi connectivity index (χ0n) is 13.0. The molecule has 0 bridgehead atoms. The minimum atomic E-state index is -2.94. The van der Waals surface area contributed by atoms with E-state index in [1.165, 1.54) is 35.6 Å². The van der Waals surface area contributed by atoms with E-state index in [9.17, 15) is 13.6 Å². The summed E-state index contributed by atoms with van der Waals surface area (Å²) in [6.45, 7) is 0.865. The fourth-order valence-electron chi connectivity index (χ4n) is 1.76. The molecule has 2 rings (SSSR count). The first kappa shape index (κ1) is 17.8. The Morgan fingerprint density at radius 3 is 2.79 bits per heavy atom. The van der Waals surface area contributed by atoms with Gasteiger partial charge in [0, 0.05) is 6.08 Å². The van der Waals surface area contributed by atoms with Gasteiger partial charge in [-0.2, -0.15) is 8.78 Å². The van der Waals surface area contributed by atoms with Crippen molar-refractivity contribution in [3.8, 4) is 11.5 Å². The monoisotopic (exact) mass is 355 g/mol. The highest BCUT2D eigenvalue weighted by molar-refractivity contribution is 7.15. The number of benzene rings is 1. The number of amides is 1. The summed E-state index contributed by atoms with van der Waals surface area (Å²) in [5.41, 5.74) is 0.601. The molecule has 1 N–H and O–H groups in total. The van der Waals surface area contributed by atoms with Gasteiger partial charge >= 0.3 is 6.61 Å². The van der Waals surface area contributed by atoms with Crippen LogP contribution in [0.1, 0.15) is 17.5 Å². The highest BCUT2D eigenvalue weighted by Crippen LogP contribution is 2.30. The minimum Gasteiger partial charge on any atom is -0.490 e. The Hall–Kier alpha value is -2.55. The lowest BCUT2D eigenvalue weighted by Gasteiger charge is -2.11. The number of aromatic nitrogens is 2. The highest BCUT2D eigenvalue weighted by Gasteiger charge is 2.11. The third-order valence-corrected chi connectivity index (χ3v) is 3.42. The van der Waals surface area contributed by atoms with Crippen molar-refractivity contribution in [2.24, 2.45) is 0 Å². The molecule has 0 atom stereocenters. The Morgan fingerprint density at radius 2 is 2.17 bits per heavy atom. The summed E-state index contributed by atoms with van der Waals surface area (Å²) < 4.78 is 34.4. The molecule has 1 aromatic carbocycles. The number of nitrogens with zero attached hydrogens (tertiary/aromatic N) is 2. The topological polar surface area (TPSA) is 73.3 Å². The van der Waals surface area contributed by atoms with E-state index in [1.54, 1.807) is 19.9 Å². The Bertz CT molecular complexity index is 735. The van der Waals surface area contributed by atoms with Crippen molar-refractivity contribution in [1.29, 1.82) is 0 Å². The Morgan fingerprint density at radius 1 is 1.38 bits per heavy atom. The van der Waals surface area contributed by atoms with Gasteiger partial charge in [-0.25, -0.2) is 0 Å². The van der Waals surface area contributed by atoms with Gasteiger partial charge in [0.2, 0.25) is 11.0 Å². The first-order valence-corrected chi connectivity index (χ1v) is 7.80. The molecule has 0 aliphatic carbocycles. The lowest BCUT2D eigenvalue weighted by Crippen LogP contribution is -2.07. The van der Waals surface area contributed by atoms with Gasteiger partial charge < -0.3 is 9.47 Å². The first-order valence-electron chi connectivity index (χ1n) is 6.98. The largest absolute Gasteiger partial charge is 0.490 e. The van der Waals surface area contributed by atoms with Crippen LogP contribution in [0.25, 0.3) is 6.08 Å². The second-order valence-corrected chi connectivity index (χ2v) is 5.65. The third-order valence-electron chi connectivity index (χ3n) is 2.67. The molecule has 0 aliphatic rings. The molecule has 1 aromatic heterocycles. The molecule has 0 radical (unpaired) electrons. The number of rotatable bonds is 7. The van der Waals surface area contributed by atoms with Gasteiger partial charge in [0.05, 0.1) is 6.61 Å². The van der Waals surface area contributed by atoms with E-state index in [0.717, 1.165) is 5.01 Å². The maximum absolute atomic E-state index is 12.3. The molecule has 0 fully saturated rings. The molecule has 0 saturated heterocycles. The maximum Gasteiger partial charge on any atom is 0.387 e. The van der Waals surface area contributed by atoms with Crippen LogP contribution in [0.4, 0.5) is 13.9 Å². The summed E-state index contributed by atoms with van der Waals surface area (Å²) in [6, 6.07) is 4.42. The fraction of sp³-hybridized carbons (Fsp3) is 0.267. The van der Waals surface area contributed by atoms with E-state index < -0.39 is 6.61 Å². The van der Waals surface area contributed by atoms with Crippen molar-refractivity contribution in [3.05, 3.63) is 34.8 Å². The van der Waals surface area contributed by atoms with Gasteiger partial charge in [-0.05, 0) is 37.6 Å². The molecule has 1 amide bonds. The molecule has 1 heterocycles. The molecule has 24 heavy (non-hydrogen) atoms. The predicted octanol–water partition coefficient (Wildman–Crippen LogP) is 3.50. The number of hydrogen-bond acceptors (Lipinski definition) is 6. The minimum absolute atomic E-state index is 0.0576. The lowest BCUT2D eigenvalue weighted by molar-refractivity contribution is -0.111. The average molecular weight is 355 g/mol. The molecule has 6 nitrogen and oxygen atoms in total. The van der Waals surface area contributed by atoms with Gasteiger partial charge in [0.1, 0.15) is 5.01 Å². The Kier molecular flexibility index (Phi) is 6.19. The second-order valence-electron chi connectivity index (χ2n) is 4.47. The number of aryl methyl sites for hydroxylation is 1. The van der Waals surface area contributed by atoms with Gasteiger partial charge in [0.15, 0.2) is 11.5 Å². The molecule has 9 heteroatoms. The molecular formula is C15H15F2N3O3S. The van der Waals surface area contributed by atoms with Crippen molar-refractivity contribution in [2.45, 2.75) is 20.5 Å². The Labute approximate surface area is 141 Å². The maximum atomic E-state index is 12.3. The van der Waals surface area contributed by atoms with Crippen LogP contribution in [0.5, 0.6) is 11.5 Å². The molecule has 0 spiro atoms. The SMILES string of the molecule is CCOc1cc(/C=C/C(=O)Nc2nnc(C)s2)ccc1OC(F)F. The van der Waals surface area contributed by atoms with Crippen LogP contribution in [-0.2, 0) is 4.79 Å². The normalized spacial score (nSPS) is 11.0. The summed E-state index contributed by atoms with van der Waals surface area (Å²) in [6.07, 6.45) is 2.83. The molecule has 128 valence electrons. The van der Waals surface area contributed by atoms with E-state index >= 15 is 0 Å². The molecule has 0 unspecified atom stereocenters. The Balaban J connectivity index is 2.07. The quantitative estimate of drug-likeness (QED) is 0.770. The standard InChI is InChI=1S/C15H15F2N3O3S/c1-3-22-12-8-10(4-6-11(12)23-14(16)17)5-7-13(21)18-15-20-19-9(2)24-15/h4-8,14H,3H2,1-2H3,(H,18,20,21)/b7-5+. The van der Waals surface area contributed by atoms with Crippen LogP contribution >= 0.6 is 11.3 Å². The van der Waals surface area contributed by atoms with Gasteiger partial charge in [-0.15, -0.1) is 10.2 Å². The smallest absolute Gasteiger partial charge is 0.387 e.